The van der Waals surface area contributed by atoms with E-state index >= 15 is 0 Å². The number of rotatable bonds is 4. The zero-order valence-electron chi connectivity index (χ0n) is 15.4. The van der Waals surface area contributed by atoms with Crippen LogP contribution in [0.5, 0.6) is 0 Å². The van der Waals surface area contributed by atoms with Crippen molar-refractivity contribution in [2.75, 3.05) is 18.0 Å². The van der Waals surface area contributed by atoms with E-state index in [0.717, 1.165) is 46.0 Å². The SMILES string of the molecule is O=C(N/N=C\c1ccc(N2CCCCC2)cc1F)c1cc2cc(Br)cc(Br)c2o1. The molecule has 5 nitrogen and oxygen atoms in total. The number of piperidine rings is 1. The Morgan fingerprint density at radius 1 is 1.14 bits per heavy atom. The predicted molar refractivity (Wildman–Crippen MR) is 119 cm³/mol. The highest BCUT2D eigenvalue weighted by molar-refractivity contribution is 9.11. The molecule has 0 bridgehead atoms. The lowest BCUT2D eigenvalue weighted by atomic mass is 10.1. The van der Waals surface area contributed by atoms with E-state index in [-0.39, 0.29) is 11.6 Å². The second-order valence-corrected chi connectivity index (χ2v) is 8.64. The van der Waals surface area contributed by atoms with Crippen LogP contribution in [0.4, 0.5) is 10.1 Å². The summed E-state index contributed by atoms with van der Waals surface area (Å²) in [5.41, 5.74) is 4.14. The van der Waals surface area contributed by atoms with Crippen molar-refractivity contribution in [1.82, 2.24) is 5.43 Å². The van der Waals surface area contributed by atoms with Gasteiger partial charge >= 0.3 is 5.91 Å². The fraction of sp³-hybridized carbons (Fsp3) is 0.238. The second kappa shape index (κ2) is 8.67. The third-order valence-corrected chi connectivity index (χ3v) is 5.88. The maximum absolute atomic E-state index is 14.4. The molecule has 4 rings (SSSR count). The molecule has 3 aromatic rings. The number of nitrogens with one attached hydrogen (secondary N) is 1. The smallest absolute Gasteiger partial charge is 0.307 e. The van der Waals surface area contributed by atoms with Gasteiger partial charge in [-0.25, -0.2) is 9.82 Å². The van der Waals surface area contributed by atoms with Crippen molar-refractivity contribution >= 4 is 60.6 Å². The van der Waals surface area contributed by atoms with Gasteiger partial charge in [-0.1, -0.05) is 15.9 Å². The van der Waals surface area contributed by atoms with Gasteiger partial charge in [0.25, 0.3) is 0 Å². The third-order valence-electron chi connectivity index (χ3n) is 4.83. The van der Waals surface area contributed by atoms with Crippen LogP contribution in [-0.4, -0.2) is 25.2 Å². The zero-order valence-corrected chi connectivity index (χ0v) is 18.6. The summed E-state index contributed by atoms with van der Waals surface area (Å²) in [4.78, 5) is 14.5. The van der Waals surface area contributed by atoms with Gasteiger partial charge in [0.05, 0.1) is 10.7 Å². The third kappa shape index (κ3) is 4.53. The van der Waals surface area contributed by atoms with Crippen molar-refractivity contribution in [2.24, 2.45) is 5.10 Å². The molecule has 1 fully saturated rings. The Balaban J connectivity index is 1.44. The van der Waals surface area contributed by atoms with E-state index in [1.54, 1.807) is 12.1 Å². The standard InChI is InChI=1S/C21H18Br2FN3O2/c22-15-8-14-9-19(29-20(14)17(23)10-15)21(28)26-25-12-13-4-5-16(11-18(13)24)27-6-2-1-3-7-27/h4-5,8-12H,1-3,6-7H2,(H,26,28)/b25-12-. The Kier molecular flexibility index (Phi) is 6.01. The molecule has 0 saturated carbocycles. The van der Waals surface area contributed by atoms with Crippen molar-refractivity contribution in [3.05, 3.63) is 62.5 Å². The number of hydrogen-bond acceptors (Lipinski definition) is 4. The number of nitrogens with zero attached hydrogens (tertiary/aromatic N) is 2. The van der Waals surface area contributed by atoms with E-state index in [1.807, 2.05) is 18.2 Å². The molecule has 1 saturated heterocycles. The van der Waals surface area contributed by atoms with Crippen LogP contribution in [0.3, 0.4) is 0 Å². The highest BCUT2D eigenvalue weighted by atomic mass is 79.9. The molecule has 1 N–H and O–H groups in total. The van der Waals surface area contributed by atoms with Gasteiger partial charge in [-0.05, 0) is 71.6 Å². The average Bonchev–Trinajstić information content (AvgIpc) is 3.14. The molecule has 0 aliphatic carbocycles. The van der Waals surface area contributed by atoms with E-state index in [9.17, 15) is 9.18 Å². The monoisotopic (exact) mass is 521 g/mol. The van der Waals surface area contributed by atoms with E-state index in [4.69, 9.17) is 4.42 Å². The number of benzene rings is 2. The first kappa shape index (κ1) is 20.1. The molecule has 1 amide bonds. The van der Waals surface area contributed by atoms with Crippen molar-refractivity contribution in [2.45, 2.75) is 19.3 Å². The Hall–Kier alpha value is -2.19. The first-order chi connectivity index (χ1) is 14.0. The van der Waals surface area contributed by atoms with Crippen LogP contribution < -0.4 is 10.3 Å². The fourth-order valence-electron chi connectivity index (χ4n) is 3.37. The second-order valence-electron chi connectivity index (χ2n) is 6.87. The van der Waals surface area contributed by atoms with Gasteiger partial charge in [-0.2, -0.15) is 5.10 Å². The summed E-state index contributed by atoms with van der Waals surface area (Å²) in [6.07, 6.45) is 4.78. The first-order valence-corrected chi connectivity index (χ1v) is 10.9. The normalized spacial score (nSPS) is 14.7. The molecule has 2 aromatic carbocycles. The van der Waals surface area contributed by atoms with Gasteiger partial charge in [0.2, 0.25) is 0 Å². The van der Waals surface area contributed by atoms with Crippen LogP contribution in [0.25, 0.3) is 11.0 Å². The highest BCUT2D eigenvalue weighted by Gasteiger charge is 2.15. The molecule has 0 radical (unpaired) electrons. The average molecular weight is 523 g/mol. The minimum absolute atomic E-state index is 0.122. The number of carbonyl (C=O) groups excluding carboxylic acids is 1. The van der Waals surface area contributed by atoms with Gasteiger partial charge in [0.15, 0.2) is 5.76 Å². The molecule has 0 unspecified atom stereocenters. The fourth-order valence-corrected chi connectivity index (χ4v) is 4.71. The molecular formula is C21H18Br2FN3O2. The van der Waals surface area contributed by atoms with Crippen LogP contribution in [0, 0.1) is 5.82 Å². The summed E-state index contributed by atoms with van der Waals surface area (Å²) in [5, 5.41) is 4.65. The van der Waals surface area contributed by atoms with E-state index in [1.165, 1.54) is 18.7 Å². The number of carbonyl (C=O) groups is 1. The van der Waals surface area contributed by atoms with Gasteiger partial charge in [0.1, 0.15) is 11.4 Å². The molecule has 150 valence electrons. The van der Waals surface area contributed by atoms with E-state index in [2.05, 4.69) is 47.3 Å². The zero-order chi connectivity index (χ0) is 20.4. The van der Waals surface area contributed by atoms with E-state index in [0.29, 0.717) is 11.1 Å². The molecular weight excluding hydrogens is 505 g/mol. The molecule has 1 aromatic heterocycles. The highest BCUT2D eigenvalue weighted by Crippen LogP contribution is 2.31. The number of fused-ring (bicyclic) bond motifs is 1. The quantitative estimate of drug-likeness (QED) is 0.345. The van der Waals surface area contributed by atoms with Crippen molar-refractivity contribution in [3.8, 4) is 0 Å². The maximum Gasteiger partial charge on any atom is 0.307 e. The van der Waals surface area contributed by atoms with Gasteiger partial charge < -0.3 is 9.32 Å². The summed E-state index contributed by atoms with van der Waals surface area (Å²) in [6.45, 7) is 1.90. The van der Waals surface area contributed by atoms with Gasteiger partial charge in [-0.15, -0.1) is 0 Å². The largest absolute Gasteiger partial charge is 0.450 e. The number of hydrogen-bond donors (Lipinski definition) is 1. The molecule has 1 aliphatic rings. The van der Waals surface area contributed by atoms with Crippen LogP contribution in [0.1, 0.15) is 35.4 Å². The molecule has 29 heavy (non-hydrogen) atoms. The number of hydrazone groups is 1. The maximum atomic E-state index is 14.4. The number of furan rings is 1. The van der Waals surface area contributed by atoms with Crippen LogP contribution in [-0.2, 0) is 0 Å². The van der Waals surface area contributed by atoms with Crippen molar-refractivity contribution < 1.29 is 13.6 Å². The minimum atomic E-state index is -0.509. The van der Waals surface area contributed by atoms with Crippen LogP contribution >= 0.6 is 31.9 Å². The van der Waals surface area contributed by atoms with Crippen molar-refractivity contribution in [1.29, 1.82) is 0 Å². The lowest BCUT2D eigenvalue weighted by Crippen LogP contribution is -2.29. The molecule has 0 atom stereocenters. The number of anilines is 1. The summed E-state index contributed by atoms with van der Waals surface area (Å²) < 4.78 is 21.6. The molecule has 2 heterocycles. The molecule has 0 spiro atoms. The summed E-state index contributed by atoms with van der Waals surface area (Å²) in [6, 6.07) is 10.4. The van der Waals surface area contributed by atoms with Crippen LogP contribution in [0.15, 0.2) is 54.9 Å². The number of halogens is 3. The Labute approximate surface area is 184 Å². The minimum Gasteiger partial charge on any atom is -0.450 e. The van der Waals surface area contributed by atoms with Gasteiger partial charge in [-0.3, -0.25) is 4.79 Å². The lowest BCUT2D eigenvalue weighted by Gasteiger charge is -2.28. The Morgan fingerprint density at radius 3 is 2.69 bits per heavy atom. The summed E-state index contributed by atoms with van der Waals surface area (Å²) >= 11 is 6.81. The first-order valence-electron chi connectivity index (χ1n) is 9.28. The summed E-state index contributed by atoms with van der Waals surface area (Å²) in [5.74, 6) is -0.758. The van der Waals surface area contributed by atoms with Crippen LogP contribution in [0.2, 0.25) is 0 Å². The lowest BCUT2D eigenvalue weighted by molar-refractivity contribution is 0.0929. The molecule has 8 heteroatoms. The molecule has 1 aliphatic heterocycles. The van der Waals surface area contributed by atoms with Crippen molar-refractivity contribution in [3.63, 3.8) is 0 Å². The topological polar surface area (TPSA) is 57.8 Å². The summed E-state index contributed by atoms with van der Waals surface area (Å²) in [7, 11) is 0. The Bertz CT molecular complexity index is 1090. The van der Waals surface area contributed by atoms with Gasteiger partial charge in [0, 0.05) is 34.2 Å². The predicted octanol–water partition coefficient (Wildman–Crippen LogP) is 5.85. The Morgan fingerprint density at radius 2 is 1.93 bits per heavy atom. The van der Waals surface area contributed by atoms with E-state index < -0.39 is 5.91 Å². The number of amides is 1.